The number of ether oxygens (including phenoxy) is 2. The van der Waals surface area contributed by atoms with Crippen molar-refractivity contribution in [2.75, 3.05) is 36.9 Å². The molecule has 36 heavy (non-hydrogen) atoms. The summed E-state index contributed by atoms with van der Waals surface area (Å²) in [5.74, 6) is -0.921. The van der Waals surface area contributed by atoms with E-state index in [1.165, 1.54) is 17.7 Å². The summed E-state index contributed by atoms with van der Waals surface area (Å²) in [5, 5.41) is 12.0. The summed E-state index contributed by atoms with van der Waals surface area (Å²) in [4.78, 5) is 36.4. The van der Waals surface area contributed by atoms with Gasteiger partial charge in [0.1, 0.15) is 6.04 Å². The minimum atomic E-state index is -0.872. The first-order chi connectivity index (χ1) is 17.3. The molecular formula is C25H36N6O5. The molecule has 196 valence electrons. The van der Waals surface area contributed by atoms with Crippen LogP contribution in [0.25, 0.3) is 0 Å². The summed E-state index contributed by atoms with van der Waals surface area (Å²) in [5.41, 5.74) is 7.53. The molecule has 11 heteroatoms. The van der Waals surface area contributed by atoms with E-state index in [0.717, 1.165) is 43.6 Å². The van der Waals surface area contributed by atoms with E-state index >= 15 is 0 Å². The molecule has 1 atom stereocenters. The van der Waals surface area contributed by atoms with Gasteiger partial charge in [-0.05, 0) is 57.3 Å². The number of anilines is 2. The van der Waals surface area contributed by atoms with Gasteiger partial charge in [0.05, 0.1) is 18.1 Å². The van der Waals surface area contributed by atoms with Gasteiger partial charge in [0.25, 0.3) is 0 Å². The monoisotopic (exact) mass is 500 g/mol. The first-order valence-corrected chi connectivity index (χ1v) is 12.5. The first kappa shape index (κ1) is 27.1. The molecule has 11 nitrogen and oxygen atoms in total. The van der Waals surface area contributed by atoms with Gasteiger partial charge in [0, 0.05) is 13.1 Å². The third-order valence-corrected chi connectivity index (χ3v) is 6.10. The van der Waals surface area contributed by atoms with Crippen LogP contribution in [0.2, 0.25) is 0 Å². The van der Waals surface area contributed by atoms with Gasteiger partial charge in [-0.25, -0.2) is 4.79 Å². The second-order valence-corrected chi connectivity index (χ2v) is 8.88. The Balaban J connectivity index is 2.00. The van der Waals surface area contributed by atoms with Crippen LogP contribution in [0, 0.1) is 10.1 Å². The maximum atomic E-state index is 12.8. The van der Waals surface area contributed by atoms with E-state index in [2.05, 4.69) is 27.0 Å². The zero-order chi connectivity index (χ0) is 26.1. The Morgan fingerprint density at radius 1 is 1.25 bits per heavy atom. The van der Waals surface area contributed by atoms with Crippen molar-refractivity contribution in [3.8, 4) is 6.01 Å². The number of unbranched alkanes of at least 4 members (excludes halogenated alkanes) is 1. The van der Waals surface area contributed by atoms with E-state index in [4.69, 9.17) is 15.2 Å². The minimum Gasteiger partial charge on any atom is -0.464 e. The summed E-state index contributed by atoms with van der Waals surface area (Å²) in [6.07, 6.45) is 4.06. The maximum Gasteiger partial charge on any atom is 0.353 e. The van der Waals surface area contributed by atoms with Crippen LogP contribution in [0.1, 0.15) is 57.6 Å². The predicted molar refractivity (Wildman–Crippen MR) is 137 cm³/mol. The Morgan fingerprint density at radius 2 is 1.97 bits per heavy atom. The third-order valence-electron chi connectivity index (χ3n) is 6.10. The lowest BCUT2D eigenvalue weighted by Crippen LogP contribution is -2.41. The van der Waals surface area contributed by atoms with Gasteiger partial charge in [-0.3, -0.25) is 15.0 Å². The number of hydrogen-bond donors (Lipinski definition) is 1. The van der Waals surface area contributed by atoms with E-state index in [1.807, 2.05) is 19.1 Å². The van der Waals surface area contributed by atoms with Gasteiger partial charge < -0.3 is 20.1 Å². The summed E-state index contributed by atoms with van der Waals surface area (Å²) >= 11 is 0. The van der Waals surface area contributed by atoms with Crippen LogP contribution in [-0.2, 0) is 22.6 Å². The van der Waals surface area contributed by atoms with Crippen molar-refractivity contribution in [2.45, 2.75) is 65.6 Å². The number of hydrogen-bond acceptors (Lipinski definition) is 10. The molecule has 1 saturated heterocycles. The van der Waals surface area contributed by atoms with Crippen molar-refractivity contribution in [1.82, 2.24) is 14.9 Å². The molecule has 0 aliphatic carbocycles. The fourth-order valence-electron chi connectivity index (χ4n) is 4.19. The highest BCUT2D eigenvalue weighted by molar-refractivity contribution is 5.82. The van der Waals surface area contributed by atoms with E-state index in [-0.39, 0.29) is 30.8 Å². The van der Waals surface area contributed by atoms with Gasteiger partial charge in [0.15, 0.2) is 0 Å². The number of nitro groups is 1. The van der Waals surface area contributed by atoms with Crippen LogP contribution >= 0.6 is 0 Å². The smallest absolute Gasteiger partial charge is 0.353 e. The Morgan fingerprint density at radius 3 is 2.64 bits per heavy atom. The quantitative estimate of drug-likeness (QED) is 0.187. The number of carbonyl (C=O) groups is 1. The van der Waals surface area contributed by atoms with Crippen molar-refractivity contribution in [1.29, 1.82) is 0 Å². The Labute approximate surface area is 211 Å². The molecule has 1 aromatic heterocycles. The minimum absolute atomic E-state index is 0.0645. The van der Waals surface area contributed by atoms with E-state index in [9.17, 15) is 14.9 Å². The second kappa shape index (κ2) is 13.0. The van der Waals surface area contributed by atoms with Gasteiger partial charge in [0.2, 0.25) is 11.6 Å². The van der Waals surface area contributed by atoms with Crippen LogP contribution in [0.15, 0.2) is 24.3 Å². The standard InChI is InChI=1S/C25H36N6O5/c1-4-6-14-36-25-27-22(26)21(31(33)34)23(28-25)30(18(3)24(32)35-5-2)17-20-11-9-10-19(15-20)16-29-12-7-8-13-29/h9-11,15,18H,4-8,12-14,16-17H2,1-3H3,(H2,26,27,28). The van der Waals surface area contributed by atoms with Gasteiger partial charge in [-0.2, -0.15) is 9.97 Å². The molecule has 0 bridgehead atoms. The molecule has 2 N–H and O–H groups in total. The number of nitrogens with two attached hydrogens (primary N) is 1. The van der Waals surface area contributed by atoms with Gasteiger partial charge in [-0.1, -0.05) is 37.6 Å². The van der Waals surface area contributed by atoms with E-state index < -0.39 is 22.6 Å². The Hall–Kier alpha value is -3.47. The summed E-state index contributed by atoms with van der Waals surface area (Å²) in [6.45, 7) is 9.04. The van der Waals surface area contributed by atoms with Crippen LogP contribution in [-0.4, -0.2) is 58.1 Å². The van der Waals surface area contributed by atoms with Crippen LogP contribution in [0.3, 0.4) is 0 Å². The van der Waals surface area contributed by atoms with Crippen molar-refractivity contribution in [3.05, 3.63) is 45.5 Å². The fraction of sp³-hybridized carbons (Fsp3) is 0.560. The molecule has 0 radical (unpaired) electrons. The molecule has 1 aliphatic heterocycles. The Kier molecular flexibility index (Phi) is 9.80. The van der Waals surface area contributed by atoms with Crippen molar-refractivity contribution in [3.63, 3.8) is 0 Å². The molecule has 1 aromatic carbocycles. The van der Waals surface area contributed by atoms with Crippen molar-refractivity contribution < 1.29 is 19.2 Å². The van der Waals surface area contributed by atoms with Crippen molar-refractivity contribution in [2.24, 2.45) is 0 Å². The SMILES string of the molecule is CCCCOc1nc(N)c([N+](=O)[O-])c(N(Cc2cccc(CN3CCCC3)c2)C(C)C(=O)OCC)n1. The zero-order valence-corrected chi connectivity index (χ0v) is 21.3. The highest BCUT2D eigenvalue weighted by Crippen LogP contribution is 2.35. The number of aromatic nitrogens is 2. The average Bonchev–Trinajstić information content (AvgIpc) is 3.35. The highest BCUT2D eigenvalue weighted by atomic mass is 16.6. The molecule has 3 rings (SSSR count). The third kappa shape index (κ3) is 7.03. The number of nitrogen functional groups attached to an aromatic ring is 1. The van der Waals surface area contributed by atoms with E-state index in [1.54, 1.807) is 13.8 Å². The summed E-state index contributed by atoms with van der Waals surface area (Å²) in [7, 11) is 0. The first-order valence-electron chi connectivity index (χ1n) is 12.5. The van der Waals surface area contributed by atoms with Crippen LogP contribution in [0.4, 0.5) is 17.3 Å². The molecule has 0 spiro atoms. The molecule has 1 aliphatic rings. The Bertz CT molecular complexity index is 1040. The topological polar surface area (TPSA) is 137 Å². The number of nitrogens with zero attached hydrogens (tertiary/aromatic N) is 5. The summed E-state index contributed by atoms with van der Waals surface area (Å²) < 4.78 is 10.8. The summed E-state index contributed by atoms with van der Waals surface area (Å²) in [6, 6.07) is 7.06. The normalized spacial score (nSPS) is 14.4. The predicted octanol–water partition coefficient (Wildman–Crippen LogP) is 3.70. The second-order valence-electron chi connectivity index (χ2n) is 8.88. The average molecular weight is 501 g/mol. The molecular weight excluding hydrogens is 464 g/mol. The lowest BCUT2D eigenvalue weighted by atomic mass is 10.1. The molecule has 1 unspecified atom stereocenters. The van der Waals surface area contributed by atoms with Gasteiger partial charge in [-0.15, -0.1) is 0 Å². The number of benzene rings is 1. The molecule has 2 aromatic rings. The number of likely N-dealkylation sites (tertiary alicyclic amines) is 1. The number of rotatable bonds is 13. The zero-order valence-electron chi connectivity index (χ0n) is 21.3. The largest absolute Gasteiger partial charge is 0.464 e. The molecule has 1 fully saturated rings. The van der Waals surface area contributed by atoms with E-state index in [0.29, 0.717) is 6.61 Å². The number of esters is 1. The molecule has 2 heterocycles. The molecule has 0 amide bonds. The van der Waals surface area contributed by atoms with Gasteiger partial charge >= 0.3 is 17.7 Å². The lowest BCUT2D eigenvalue weighted by molar-refractivity contribution is -0.383. The fourth-order valence-corrected chi connectivity index (χ4v) is 4.19. The van der Waals surface area contributed by atoms with Crippen LogP contribution < -0.4 is 15.4 Å². The molecule has 0 saturated carbocycles. The lowest BCUT2D eigenvalue weighted by Gasteiger charge is -2.29. The maximum absolute atomic E-state index is 12.8. The van der Waals surface area contributed by atoms with Crippen molar-refractivity contribution >= 4 is 23.3 Å². The highest BCUT2D eigenvalue weighted by Gasteiger charge is 2.33. The number of carbonyl (C=O) groups excluding carboxylic acids is 1. The van der Waals surface area contributed by atoms with Crippen LogP contribution in [0.5, 0.6) is 6.01 Å².